The third-order valence-electron chi connectivity index (χ3n) is 6.36. The van der Waals surface area contributed by atoms with E-state index in [4.69, 9.17) is 4.74 Å². The van der Waals surface area contributed by atoms with Crippen LogP contribution in [0, 0.1) is 5.82 Å². The van der Waals surface area contributed by atoms with E-state index in [1.807, 2.05) is 24.3 Å². The van der Waals surface area contributed by atoms with E-state index in [0.717, 1.165) is 22.3 Å². The Labute approximate surface area is 195 Å². The standard InChI is InChI=1S/C25H28F5N3O/c1-16-13-19-18-6-3-2-5-17(18)14-20(19)24(33(16)15-25(28,29)30)23-22(27)21(7-10-32-23)34-12-11-31-9-4-8-26/h2-3,5-7,10,16,24,31H,4,8-9,11-15H2,1H3/t16-,24+/m1/s1. The Morgan fingerprint density at radius 2 is 1.97 bits per heavy atom. The van der Waals surface area contributed by atoms with Gasteiger partial charge in [-0.3, -0.25) is 14.3 Å². The first-order valence-corrected chi connectivity index (χ1v) is 11.5. The van der Waals surface area contributed by atoms with E-state index in [1.165, 1.54) is 17.2 Å². The Bertz CT molecular complexity index is 1040. The number of rotatable bonds is 9. The number of hydrogen-bond donors (Lipinski definition) is 1. The first-order valence-electron chi connectivity index (χ1n) is 11.5. The molecule has 2 atom stereocenters. The molecule has 4 rings (SSSR count). The minimum atomic E-state index is -4.44. The number of nitrogens with one attached hydrogen (secondary N) is 1. The van der Waals surface area contributed by atoms with Gasteiger partial charge >= 0.3 is 6.18 Å². The lowest BCUT2D eigenvalue weighted by Gasteiger charge is -2.42. The van der Waals surface area contributed by atoms with Crippen molar-refractivity contribution in [2.45, 2.75) is 44.4 Å². The number of alkyl halides is 4. The molecule has 2 aromatic rings. The summed E-state index contributed by atoms with van der Waals surface area (Å²) < 4.78 is 74.0. The van der Waals surface area contributed by atoms with E-state index in [2.05, 4.69) is 10.3 Å². The molecule has 2 heterocycles. The summed E-state index contributed by atoms with van der Waals surface area (Å²) in [5.74, 6) is -0.805. The molecule has 9 heteroatoms. The lowest BCUT2D eigenvalue weighted by molar-refractivity contribution is -0.155. The molecule has 1 N–H and O–H groups in total. The van der Waals surface area contributed by atoms with Crippen LogP contribution < -0.4 is 10.1 Å². The van der Waals surface area contributed by atoms with Crippen molar-refractivity contribution < 1.29 is 26.7 Å². The van der Waals surface area contributed by atoms with Crippen LogP contribution in [0.1, 0.15) is 42.6 Å². The van der Waals surface area contributed by atoms with Crippen molar-refractivity contribution in [2.24, 2.45) is 0 Å². The summed E-state index contributed by atoms with van der Waals surface area (Å²) in [4.78, 5) is 5.52. The summed E-state index contributed by atoms with van der Waals surface area (Å²) >= 11 is 0. The first-order chi connectivity index (χ1) is 16.3. The van der Waals surface area contributed by atoms with Crippen molar-refractivity contribution >= 4 is 5.57 Å². The molecule has 0 radical (unpaired) electrons. The van der Waals surface area contributed by atoms with E-state index >= 15 is 4.39 Å². The van der Waals surface area contributed by atoms with Crippen molar-refractivity contribution in [3.8, 4) is 5.75 Å². The Hall–Kier alpha value is -2.52. The zero-order valence-corrected chi connectivity index (χ0v) is 19.0. The van der Waals surface area contributed by atoms with Gasteiger partial charge in [0.1, 0.15) is 12.3 Å². The summed E-state index contributed by atoms with van der Waals surface area (Å²) in [5.41, 5.74) is 3.74. The van der Waals surface area contributed by atoms with Gasteiger partial charge in [0.05, 0.1) is 19.3 Å². The molecular formula is C25H28F5N3O. The molecular weight excluding hydrogens is 453 g/mol. The third-order valence-corrected chi connectivity index (χ3v) is 6.36. The second kappa shape index (κ2) is 10.4. The predicted octanol–water partition coefficient (Wildman–Crippen LogP) is 5.26. The van der Waals surface area contributed by atoms with Gasteiger partial charge in [0.2, 0.25) is 0 Å². The largest absolute Gasteiger partial charge is 0.489 e. The Kier molecular flexibility index (Phi) is 7.52. The van der Waals surface area contributed by atoms with E-state index in [-0.39, 0.29) is 18.1 Å². The second-order valence-corrected chi connectivity index (χ2v) is 8.73. The Morgan fingerprint density at radius 3 is 2.74 bits per heavy atom. The number of halogens is 5. The number of pyridine rings is 1. The molecule has 0 unspecified atom stereocenters. The van der Waals surface area contributed by atoms with Gasteiger partial charge in [-0.25, -0.2) is 4.39 Å². The summed E-state index contributed by atoms with van der Waals surface area (Å²) in [6.45, 7) is 1.17. The van der Waals surface area contributed by atoms with Gasteiger partial charge in [0.25, 0.3) is 0 Å². The summed E-state index contributed by atoms with van der Waals surface area (Å²) in [7, 11) is 0. The maximum absolute atomic E-state index is 15.6. The highest BCUT2D eigenvalue weighted by Crippen LogP contribution is 2.49. The molecule has 1 aromatic heterocycles. The lowest BCUT2D eigenvalue weighted by atomic mass is 9.86. The number of nitrogens with zero attached hydrogens (tertiary/aromatic N) is 2. The van der Waals surface area contributed by atoms with Crippen LogP contribution in [0.4, 0.5) is 22.0 Å². The minimum absolute atomic E-state index is 0.0554. The molecule has 1 aliphatic heterocycles. The van der Waals surface area contributed by atoms with Crippen LogP contribution >= 0.6 is 0 Å². The predicted molar refractivity (Wildman–Crippen MR) is 120 cm³/mol. The van der Waals surface area contributed by atoms with Gasteiger partial charge in [-0.1, -0.05) is 24.3 Å². The Balaban J connectivity index is 1.66. The van der Waals surface area contributed by atoms with Crippen molar-refractivity contribution in [3.05, 3.63) is 64.7 Å². The van der Waals surface area contributed by atoms with Gasteiger partial charge in [-0.2, -0.15) is 13.2 Å². The SMILES string of the molecule is C[C@@H]1CC2=C(Cc3ccccc32)[C@@H](c2nccc(OCCNCCCF)c2F)N1CC(F)(F)F. The molecule has 2 aliphatic rings. The zero-order valence-electron chi connectivity index (χ0n) is 19.0. The fraction of sp³-hybridized carbons (Fsp3) is 0.480. The topological polar surface area (TPSA) is 37.4 Å². The van der Waals surface area contributed by atoms with Gasteiger partial charge in [0, 0.05) is 24.8 Å². The maximum Gasteiger partial charge on any atom is 0.401 e. The van der Waals surface area contributed by atoms with Crippen LogP contribution in [0.5, 0.6) is 5.75 Å². The van der Waals surface area contributed by atoms with E-state index in [9.17, 15) is 17.6 Å². The molecule has 184 valence electrons. The molecule has 0 spiro atoms. The average Bonchev–Trinajstić information content (AvgIpc) is 3.15. The average molecular weight is 482 g/mol. The van der Waals surface area contributed by atoms with Gasteiger partial charge in [-0.15, -0.1) is 0 Å². The minimum Gasteiger partial charge on any atom is -0.489 e. The normalized spacial score (nSPS) is 20.4. The van der Waals surface area contributed by atoms with Crippen LogP contribution in [0.3, 0.4) is 0 Å². The third kappa shape index (κ3) is 5.25. The van der Waals surface area contributed by atoms with Gasteiger partial charge in [0.15, 0.2) is 11.6 Å². The van der Waals surface area contributed by atoms with E-state index < -0.39 is 37.3 Å². The molecule has 0 amide bonds. The monoisotopic (exact) mass is 481 g/mol. The highest BCUT2D eigenvalue weighted by molar-refractivity contribution is 5.78. The molecule has 1 aliphatic carbocycles. The molecule has 1 aromatic carbocycles. The molecule has 0 fully saturated rings. The number of ether oxygens (including phenoxy) is 1. The number of benzene rings is 1. The van der Waals surface area contributed by atoms with Crippen LogP contribution in [-0.4, -0.2) is 55.0 Å². The maximum atomic E-state index is 15.6. The molecule has 34 heavy (non-hydrogen) atoms. The highest BCUT2D eigenvalue weighted by Gasteiger charge is 2.45. The van der Waals surface area contributed by atoms with Crippen molar-refractivity contribution in [1.29, 1.82) is 0 Å². The number of fused-ring (bicyclic) bond motifs is 2. The first kappa shape index (κ1) is 24.6. The van der Waals surface area contributed by atoms with E-state index in [1.54, 1.807) is 6.92 Å². The lowest BCUT2D eigenvalue weighted by Crippen LogP contribution is -2.46. The van der Waals surface area contributed by atoms with Crippen LogP contribution in [0.15, 0.2) is 42.1 Å². The fourth-order valence-electron chi connectivity index (χ4n) is 4.89. The highest BCUT2D eigenvalue weighted by atomic mass is 19.4. The van der Waals surface area contributed by atoms with Crippen molar-refractivity contribution in [3.63, 3.8) is 0 Å². The summed E-state index contributed by atoms with van der Waals surface area (Å²) in [6.07, 6.45) is -1.77. The van der Waals surface area contributed by atoms with Crippen LogP contribution in [-0.2, 0) is 6.42 Å². The molecule has 0 bridgehead atoms. The summed E-state index contributed by atoms with van der Waals surface area (Å²) in [5, 5.41) is 2.99. The van der Waals surface area contributed by atoms with Gasteiger partial charge < -0.3 is 10.1 Å². The number of hydrogen-bond acceptors (Lipinski definition) is 4. The van der Waals surface area contributed by atoms with Crippen molar-refractivity contribution in [2.75, 3.05) is 32.9 Å². The summed E-state index contributed by atoms with van der Waals surface area (Å²) in [6, 6.07) is 7.72. The van der Waals surface area contributed by atoms with Crippen LogP contribution in [0.2, 0.25) is 0 Å². The van der Waals surface area contributed by atoms with Crippen molar-refractivity contribution in [1.82, 2.24) is 15.2 Å². The Morgan fingerprint density at radius 1 is 1.18 bits per heavy atom. The van der Waals surface area contributed by atoms with E-state index in [0.29, 0.717) is 32.4 Å². The quantitative estimate of drug-likeness (QED) is 0.392. The second-order valence-electron chi connectivity index (χ2n) is 8.73. The van der Waals surface area contributed by atoms with Crippen LogP contribution in [0.25, 0.3) is 5.57 Å². The fourth-order valence-corrected chi connectivity index (χ4v) is 4.89. The van der Waals surface area contributed by atoms with Gasteiger partial charge in [-0.05, 0) is 55.0 Å². The number of aromatic nitrogens is 1. The zero-order chi connectivity index (χ0) is 24.3. The molecule has 4 nitrogen and oxygen atoms in total. The molecule has 0 saturated heterocycles. The smallest absolute Gasteiger partial charge is 0.401 e. The molecule has 0 saturated carbocycles.